The zero-order chi connectivity index (χ0) is 12.3. The molecule has 0 aliphatic carbocycles. The van der Waals surface area contributed by atoms with Crippen molar-refractivity contribution in [2.24, 2.45) is 0 Å². The second kappa shape index (κ2) is 5.42. The first-order chi connectivity index (χ1) is 8.22. The first kappa shape index (κ1) is 12.3. The minimum absolute atomic E-state index is 0.186. The lowest BCUT2D eigenvalue weighted by Gasteiger charge is -2.13. The molecule has 4 nitrogen and oxygen atoms in total. The number of ether oxygens (including phenoxy) is 1. The molecule has 2 aromatic rings. The molecule has 1 unspecified atom stereocenters. The van der Waals surface area contributed by atoms with Crippen molar-refractivity contribution in [1.29, 1.82) is 0 Å². The van der Waals surface area contributed by atoms with Crippen LogP contribution in [-0.4, -0.2) is 29.2 Å². The highest BCUT2D eigenvalue weighted by Crippen LogP contribution is 2.28. The maximum absolute atomic E-state index is 5.48. The second-order valence-corrected chi connectivity index (χ2v) is 4.85. The highest BCUT2D eigenvalue weighted by molar-refractivity contribution is 7.18. The standard InChI is InChI=1S/C12H17N3OS/c1-4-16-9(3)5-13-12-11-10(14-7-15-12)8(2)6-17-11/h6-7,9H,4-5H2,1-3H3,(H,13,14,15). The topological polar surface area (TPSA) is 47.0 Å². The molecule has 2 aromatic heterocycles. The first-order valence-corrected chi connectivity index (χ1v) is 6.64. The molecular formula is C12H17N3OS. The molecule has 0 spiro atoms. The number of hydrogen-bond donors (Lipinski definition) is 1. The Bertz CT molecular complexity index is 497. The van der Waals surface area contributed by atoms with Crippen molar-refractivity contribution >= 4 is 27.4 Å². The predicted molar refractivity (Wildman–Crippen MR) is 71.7 cm³/mol. The number of fused-ring (bicyclic) bond motifs is 1. The van der Waals surface area contributed by atoms with E-state index in [0.29, 0.717) is 0 Å². The van der Waals surface area contributed by atoms with Crippen LogP contribution in [0.25, 0.3) is 10.2 Å². The van der Waals surface area contributed by atoms with Gasteiger partial charge in [-0.15, -0.1) is 11.3 Å². The van der Waals surface area contributed by atoms with Crippen molar-refractivity contribution in [2.75, 3.05) is 18.5 Å². The van der Waals surface area contributed by atoms with Crippen LogP contribution in [-0.2, 0) is 4.74 Å². The van der Waals surface area contributed by atoms with Gasteiger partial charge in [-0.05, 0) is 31.7 Å². The van der Waals surface area contributed by atoms with Crippen molar-refractivity contribution in [2.45, 2.75) is 26.9 Å². The zero-order valence-electron chi connectivity index (χ0n) is 10.4. The van der Waals surface area contributed by atoms with Gasteiger partial charge >= 0.3 is 0 Å². The molecule has 0 aliphatic rings. The molecule has 0 amide bonds. The Morgan fingerprint density at radius 1 is 1.47 bits per heavy atom. The largest absolute Gasteiger partial charge is 0.377 e. The molecule has 0 saturated carbocycles. The van der Waals surface area contributed by atoms with Crippen LogP contribution in [0.1, 0.15) is 19.4 Å². The number of anilines is 1. The van der Waals surface area contributed by atoms with E-state index in [1.54, 1.807) is 17.7 Å². The summed E-state index contributed by atoms with van der Waals surface area (Å²) in [5.74, 6) is 0.902. The van der Waals surface area contributed by atoms with Gasteiger partial charge in [-0.25, -0.2) is 9.97 Å². The molecule has 0 bridgehead atoms. The van der Waals surface area contributed by atoms with E-state index >= 15 is 0 Å². The molecule has 0 saturated heterocycles. The molecular weight excluding hydrogens is 234 g/mol. The summed E-state index contributed by atoms with van der Waals surface area (Å²) in [5, 5.41) is 5.43. The number of aryl methyl sites for hydroxylation is 1. The van der Waals surface area contributed by atoms with Gasteiger partial charge in [0.2, 0.25) is 0 Å². The Labute approximate surface area is 105 Å². The SMILES string of the molecule is CCOC(C)CNc1ncnc2c(C)csc12. The third-order valence-corrected chi connectivity index (χ3v) is 3.63. The molecule has 0 fully saturated rings. The maximum Gasteiger partial charge on any atom is 0.147 e. The number of hydrogen-bond acceptors (Lipinski definition) is 5. The van der Waals surface area contributed by atoms with E-state index in [0.717, 1.165) is 29.2 Å². The van der Waals surface area contributed by atoms with Gasteiger partial charge in [-0.3, -0.25) is 0 Å². The maximum atomic E-state index is 5.48. The Hall–Kier alpha value is -1.20. The van der Waals surface area contributed by atoms with Crippen LogP contribution in [0, 0.1) is 6.92 Å². The quantitative estimate of drug-likeness (QED) is 0.887. The summed E-state index contributed by atoms with van der Waals surface area (Å²) in [6, 6.07) is 0. The van der Waals surface area contributed by atoms with Crippen molar-refractivity contribution in [3.8, 4) is 0 Å². The molecule has 0 aliphatic heterocycles. The lowest BCUT2D eigenvalue weighted by Crippen LogP contribution is -2.20. The van der Waals surface area contributed by atoms with E-state index in [9.17, 15) is 0 Å². The molecule has 1 N–H and O–H groups in total. The van der Waals surface area contributed by atoms with E-state index in [-0.39, 0.29) is 6.10 Å². The van der Waals surface area contributed by atoms with E-state index in [4.69, 9.17) is 4.74 Å². The van der Waals surface area contributed by atoms with Gasteiger partial charge in [-0.2, -0.15) is 0 Å². The zero-order valence-corrected chi connectivity index (χ0v) is 11.2. The number of thiophene rings is 1. The Morgan fingerprint density at radius 2 is 2.29 bits per heavy atom. The molecule has 1 atom stereocenters. The van der Waals surface area contributed by atoms with E-state index < -0.39 is 0 Å². The highest BCUT2D eigenvalue weighted by Gasteiger charge is 2.08. The Balaban J connectivity index is 2.13. The van der Waals surface area contributed by atoms with Gasteiger partial charge in [0.15, 0.2) is 0 Å². The highest BCUT2D eigenvalue weighted by atomic mass is 32.1. The third-order valence-electron chi connectivity index (χ3n) is 2.54. The van der Waals surface area contributed by atoms with Crippen LogP contribution in [0.3, 0.4) is 0 Å². The van der Waals surface area contributed by atoms with Crippen molar-refractivity contribution in [3.05, 3.63) is 17.3 Å². The summed E-state index contributed by atoms with van der Waals surface area (Å²) in [5.41, 5.74) is 2.24. The average Bonchev–Trinajstić information content (AvgIpc) is 2.70. The summed E-state index contributed by atoms with van der Waals surface area (Å²) >= 11 is 1.68. The second-order valence-electron chi connectivity index (χ2n) is 3.97. The average molecular weight is 251 g/mol. The lowest BCUT2D eigenvalue weighted by molar-refractivity contribution is 0.0855. The summed E-state index contributed by atoms with van der Waals surface area (Å²) in [7, 11) is 0. The van der Waals surface area contributed by atoms with Crippen LogP contribution < -0.4 is 5.32 Å². The molecule has 5 heteroatoms. The molecule has 2 heterocycles. The Kier molecular flexibility index (Phi) is 3.91. The van der Waals surface area contributed by atoms with Gasteiger partial charge in [0, 0.05) is 13.2 Å². The minimum atomic E-state index is 0.186. The first-order valence-electron chi connectivity index (χ1n) is 5.76. The molecule has 0 radical (unpaired) electrons. The molecule has 2 rings (SSSR count). The minimum Gasteiger partial charge on any atom is -0.377 e. The van der Waals surface area contributed by atoms with E-state index in [2.05, 4.69) is 34.5 Å². The van der Waals surface area contributed by atoms with Crippen molar-refractivity contribution in [1.82, 2.24) is 9.97 Å². The summed E-state index contributed by atoms with van der Waals surface area (Å²) in [4.78, 5) is 8.58. The van der Waals surface area contributed by atoms with E-state index in [1.165, 1.54) is 5.56 Å². The number of aromatic nitrogens is 2. The summed E-state index contributed by atoms with van der Waals surface area (Å²) in [6.45, 7) is 7.62. The van der Waals surface area contributed by atoms with Crippen LogP contribution in [0.4, 0.5) is 5.82 Å². The fourth-order valence-electron chi connectivity index (χ4n) is 1.68. The van der Waals surface area contributed by atoms with Crippen LogP contribution in [0.2, 0.25) is 0 Å². The fourth-order valence-corrected chi connectivity index (χ4v) is 2.65. The summed E-state index contributed by atoms with van der Waals surface area (Å²) < 4.78 is 6.60. The molecule has 0 aromatic carbocycles. The number of rotatable bonds is 5. The van der Waals surface area contributed by atoms with Crippen LogP contribution in [0.15, 0.2) is 11.7 Å². The molecule has 92 valence electrons. The fraction of sp³-hybridized carbons (Fsp3) is 0.500. The van der Waals surface area contributed by atoms with Crippen LogP contribution in [0.5, 0.6) is 0 Å². The summed E-state index contributed by atoms with van der Waals surface area (Å²) in [6.07, 6.45) is 1.79. The van der Waals surface area contributed by atoms with Gasteiger partial charge in [-0.1, -0.05) is 0 Å². The van der Waals surface area contributed by atoms with Gasteiger partial charge in [0.25, 0.3) is 0 Å². The smallest absolute Gasteiger partial charge is 0.147 e. The van der Waals surface area contributed by atoms with Gasteiger partial charge in [0.1, 0.15) is 12.1 Å². The monoisotopic (exact) mass is 251 g/mol. The normalized spacial score (nSPS) is 12.9. The van der Waals surface area contributed by atoms with Crippen molar-refractivity contribution < 1.29 is 4.74 Å². The molecule has 17 heavy (non-hydrogen) atoms. The van der Waals surface area contributed by atoms with Crippen LogP contribution >= 0.6 is 11.3 Å². The predicted octanol–water partition coefficient (Wildman–Crippen LogP) is 2.84. The van der Waals surface area contributed by atoms with Gasteiger partial charge < -0.3 is 10.1 Å². The van der Waals surface area contributed by atoms with E-state index in [1.807, 2.05) is 6.92 Å². The number of nitrogens with one attached hydrogen (secondary N) is 1. The lowest BCUT2D eigenvalue weighted by atomic mass is 10.3. The number of nitrogens with zero attached hydrogens (tertiary/aromatic N) is 2. The third kappa shape index (κ3) is 2.73. The van der Waals surface area contributed by atoms with Crippen molar-refractivity contribution in [3.63, 3.8) is 0 Å². The Morgan fingerprint density at radius 3 is 3.06 bits per heavy atom. The van der Waals surface area contributed by atoms with Gasteiger partial charge in [0.05, 0.1) is 16.3 Å².